The SMILES string of the molecule is COC(=O)C1=C(CBr)NC(=O)CC1c1ccccc1OC(F)F. The van der Waals surface area contributed by atoms with Gasteiger partial charge in [0.05, 0.1) is 12.7 Å². The summed E-state index contributed by atoms with van der Waals surface area (Å²) in [5, 5.41) is 2.82. The second kappa shape index (κ2) is 7.54. The molecule has 1 atom stereocenters. The molecule has 1 N–H and O–H groups in total. The Kier molecular flexibility index (Phi) is 5.70. The highest BCUT2D eigenvalue weighted by molar-refractivity contribution is 9.09. The number of para-hydroxylation sites is 1. The maximum atomic E-state index is 12.6. The Bertz CT molecular complexity index is 648. The Morgan fingerprint density at radius 1 is 1.43 bits per heavy atom. The molecule has 0 spiro atoms. The number of alkyl halides is 3. The summed E-state index contributed by atoms with van der Waals surface area (Å²) in [6.07, 6.45) is -0.0649. The van der Waals surface area contributed by atoms with E-state index in [2.05, 4.69) is 26.0 Å². The number of benzene rings is 1. The summed E-state index contributed by atoms with van der Waals surface area (Å²) < 4.78 is 34.5. The molecule has 0 saturated heterocycles. The number of hydrogen-bond acceptors (Lipinski definition) is 4. The van der Waals surface area contributed by atoms with Gasteiger partial charge in [-0.2, -0.15) is 8.78 Å². The molecule has 1 amide bonds. The second-order valence-electron chi connectivity index (χ2n) is 4.74. The van der Waals surface area contributed by atoms with Crippen LogP contribution in [0, 0.1) is 0 Å². The third kappa shape index (κ3) is 3.87. The molecule has 1 aliphatic heterocycles. The van der Waals surface area contributed by atoms with E-state index in [0.717, 1.165) is 0 Å². The lowest BCUT2D eigenvalue weighted by atomic mass is 9.84. The van der Waals surface area contributed by atoms with Gasteiger partial charge in [0.25, 0.3) is 0 Å². The lowest BCUT2D eigenvalue weighted by molar-refractivity contribution is -0.136. The number of hydrogen-bond donors (Lipinski definition) is 1. The minimum Gasteiger partial charge on any atom is -0.466 e. The van der Waals surface area contributed by atoms with Crippen molar-refractivity contribution in [3.05, 3.63) is 41.1 Å². The largest absolute Gasteiger partial charge is 0.466 e. The number of rotatable bonds is 5. The van der Waals surface area contributed by atoms with Crippen LogP contribution in [0.4, 0.5) is 8.78 Å². The predicted octanol–water partition coefficient (Wildman–Crippen LogP) is 2.71. The number of ether oxygens (including phenoxy) is 2. The monoisotopic (exact) mass is 389 g/mol. The first-order valence-corrected chi connectivity index (χ1v) is 7.81. The second-order valence-corrected chi connectivity index (χ2v) is 5.30. The molecule has 8 heteroatoms. The van der Waals surface area contributed by atoms with Gasteiger partial charge in [-0.25, -0.2) is 4.79 Å². The number of carbonyl (C=O) groups excluding carboxylic acids is 2. The van der Waals surface area contributed by atoms with Crippen LogP contribution in [-0.4, -0.2) is 30.9 Å². The van der Waals surface area contributed by atoms with Crippen LogP contribution in [0.3, 0.4) is 0 Å². The third-order valence-corrected chi connectivity index (χ3v) is 3.96. The van der Waals surface area contributed by atoms with Crippen molar-refractivity contribution in [2.75, 3.05) is 12.4 Å². The average molecular weight is 390 g/mol. The molecule has 0 saturated carbocycles. The number of allylic oxidation sites excluding steroid dienone is 1. The van der Waals surface area contributed by atoms with Gasteiger partial charge < -0.3 is 14.8 Å². The Labute approximate surface area is 139 Å². The maximum absolute atomic E-state index is 12.6. The molecule has 5 nitrogen and oxygen atoms in total. The lowest BCUT2D eigenvalue weighted by Gasteiger charge is -2.28. The highest BCUT2D eigenvalue weighted by atomic mass is 79.9. The fraction of sp³-hybridized carbons (Fsp3) is 0.333. The molecule has 0 aliphatic carbocycles. The van der Waals surface area contributed by atoms with E-state index in [0.29, 0.717) is 11.3 Å². The number of nitrogens with one attached hydrogen (secondary N) is 1. The topological polar surface area (TPSA) is 64.6 Å². The predicted molar refractivity (Wildman–Crippen MR) is 81.4 cm³/mol. The molecule has 1 unspecified atom stereocenters. The van der Waals surface area contributed by atoms with Gasteiger partial charge in [-0.05, 0) is 6.07 Å². The fourth-order valence-electron chi connectivity index (χ4n) is 2.50. The zero-order chi connectivity index (χ0) is 17.0. The summed E-state index contributed by atoms with van der Waals surface area (Å²) in [5.41, 5.74) is 0.903. The quantitative estimate of drug-likeness (QED) is 0.621. The standard InChI is InChI=1S/C15H14BrF2NO4/c1-22-14(21)13-9(6-12(20)19-10(13)7-16)8-4-2-3-5-11(8)23-15(17)18/h2-5,9,15H,6-7H2,1H3,(H,19,20). The highest BCUT2D eigenvalue weighted by Gasteiger charge is 2.35. The Morgan fingerprint density at radius 2 is 2.13 bits per heavy atom. The number of carbonyl (C=O) groups is 2. The first kappa shape index (κ1) is 17.4. The lowest BCUT2D eigenvalue weighted by Crippen LogP contribution is -2.35. The van der Waals surface area contributed by atoms with E-state index in [1.807, 2.05) is 0 Å². The first-order valence-electron chi connectivity index (χ1n) is 6.68. The van der Waals surface area contributed by atoms with Crippen LogP contribution in [0.25, 0.3) is 0 Å². The molecule has 124 valence electrons. The summed E-state index contributed by atoms with van der Waals surface area (Å²) in [6, 6.07) is 6.09. The van der Waals surface area contributed by atoms with Gasteiger partial charge in [0, 0.05) is 28.9 Å². The van der Waals surface area contributed by atoms with Crippen molar-refractivity contribution in [1.82, 2.24) is 5.32 Å². The van der Waals surface area contributed by atoms with Crippen LogP contribution in [0.1, 0.15) is 17.9 Å². The van der Waals surface area contributed by atoms with Gasteiger partial charge >= 0.3 is 12.6 Å². The van der Waals surface area contributed by atoms with E-state index in [4.69, 9.17) is 4.74 Å². The summed E-state index contributed by atoms with van der Waals surface area (Å²) in [5.74, 6) is -1.74. The molecule has 0 fully saturated rings. The molecular weight excluding hydrogens is 376 g/mol. The normalized spacial score (nSPS) is 18.0. The number of halogens is 3. The highest BCUT2D eigenvalue weighted by Crippen LogP contribution is 2.38. The summed E-state index contributed by atoms with van der Waals surface area (Å²) in [4.78, 5) is 24.0. The molecule has 1 aromatic carbocycles. The van der Waals surface area contributed by atoms with Gasteiger partial charge in [-0.1, -0.05) is 34.1 Å². The van der Waals surface area contributed by atoms with Gasteiger partial charge in [0.15, 0.2) is 0 Å². The van der Waals surface area contributed by atoms with Crippen molar-refractivity contribution in [2.24, 2.45) is 0 Å². The van der Waals surface area contributed by atoms with Crippen LogP contribution in [0.5, 0.6) is 5.75 Å². The maximum Gasteiger partial charge on any atom is 0.387 e. The Balaban J connectivity index is 2.55. The molecule has 0 bridgehead atoms. The third-order valence-electron chi connectivity index (χ3n) is 3.40. The van der Waals surface area contributed by atoms with Crippen molar-refractivity contribution in [3.8, 4) is 5.75 Å². The average Bonchev–Trinajstić information content (AvgIpc) is 2.53. The molecule has 0 aromatic heterocycles. The number of methoxy groups -OCH3 is 1. The molecule has 2 rings (SSSR count). The first-order chi connectivity index (χ1) is 11.0. The zero-order valence-corrected chi connectivity index (χ0v) is 13.7. The minimum atomic E-state index is -3.00. The number of amides is 1. The molecule has 0 radical (unpaired) electrons. The Morgan fingerprint density at radius 3 is 2.74 bits per heavy atom. The van der Waals surface area contributed by atoms with Crippen LogP contribution in [-0.2, 0) is 14.3 Å². The smallest absolute Gasteiger partial charge is 0.387 e. The van der Waals surface area contributed by atoms with Crippen LogP contribution in [0.2, 0.25) is 0 Å². The van der Waals surface area contributed by atoms with Gasteiger partial charge in [0.1, 0.15) is 5.75 Å². The van der Waals surface area contributed by atoms with E-state index in [9.17, 15) is 18.4 Å². The summed E-state index contributed by atoms with van der Waals surface area (Å²) in [7, 11) is 1.22. The van der Waals surface area contributed by atoms with E-state index in [1.165, 1.54) is 19.2 Å². The Hall–Kier alpha value is -1.96. The van der Waals surface area contributed by atoms with Crippen molar-refractivity contribution in [2.45, 2.75) is 19.0 Å². The van der Waals surface area contributed by atoms with Crippen molar-refractivity contribution in [1.29, 1.82) is 0 Å². The van der Waals surface area contributed by atoms with E-state index in [-0.39, 0.29) is 29.0 Å². The van der Waals surface area contributed by atoms with E-state index < -0.39 is 18.5 Å². The molecule has 23 heavy (non-hydrogen) atoms. The van der Waals surface area contributed by atoms with E-state index in [1.54, 1.807) is 12.1 Å². The number of esters is 1. The molecular formula is C15H14BrF2NO4. The summed E-state index contributed by atoms with van der Waals surface area (Å²) in [6.45, 7) is -3.00. The molecule has 1 heterocycles. The van der Waals surface area contributed by atoms with E-state index >= 15 is 0 Å². The van der Waals surface area contributed by atoms with Crippen molar-refractivity contribution >= 4 is 27.8 Å². The van der Waals surface area contributed by atoms with Crippen LogP contribution >= 0.6 is 15.9 Å². The zero-order valence-electron chi connectivity index (χ0n) is 12.1. The van der Waals surface area contributed by atoms with Gasteiger partial charge in [0.2, 0.25) is 5.91 Å². The van der Waals surface area contributed by atoms with Crippen LogP contribution < -0.4 is 10.1 Å². The van der Waals surface area contributed by atoms with Crippen molar-refractivity contribution in [3.63, 3.8) is 0 Å². The van der Waals surface area contributed by atoms with Gasteiger partial charge in [-0.3, -0.25) is 4.79 Å². The van der Waals surface area contributed by atoms with Gasteiger partial charge in [-0.15, -0.1) is 0 Å². The van der Waals surface area contributed by atoms with Crippen molar-refractivity contribution < 1.29 is 27.8 Å². The summed E-state index contributed by atoms with van der Waals surface area (Å²) >= 11 is 3.20. The molecule has 1 aliphatic rings. The minimum absolute atomic E-state index is 0.0649. The van der Waals surface area contributed by atoms with Crippen LogP contribution in [0.15, 0.2) is 35.5 Å². The fourth-order valence-corrected chi connectivity index (χ4v) is 2.94. The molecule has 1 aromatic rings.